The number of nitrogens with one attached hydrogen (secondary N) is 1. The minimum atomic E-state index is 0.587. The van der Waals surface area contributed by atoms with Crippen molar-refractivity contribution in [2.24, 2.45) is 11.8 Å². The molecule has 2 atom stereocenters. The molecule has 0 aliphatic heterocycles. The average molecular weight is 280 g/mol. The molecule has 106 valence electrons. The van der Waals surface area contributed by atoms with Gasteiger partial charge in [-0.2, -0.15) is 0 Å². The fourth-order valence-corrected chi connectivity index (χ4v) is 3.39. The molecule has 1 saturated carbocycles. The lowest BCUT2D eigenvalue weighted by Crippen LogP contribution is -2.19. The molecule has 19 heavy (non-hydrogen) atoms. The van der Waals surface area contributed by atoms with Crippen molar-refractivity contribution in [3.8, 4) is 0 Å². The lowest BCUT2D eigenvalue weighted by Gasteiger charge is -2.20. The van der Waals surface area contributed by atoms with E-state index in [1.165, 1.54) is 37.7 Å². The van der Waals surface area contributed by atoms with Crippen LogP contribution in [-0.4, -0.2) is 6.04 Å². The Balaban J connectivity index is 1.96. The van der Waals surface area contributed by atoms with Crippen molar-refractivity contribution >= 4 is 17.3 Å². The molecule has 1 aromatic rings. The van der Waals surface area contributed by atoms with Gasteiger partial charge >= 0.3 is 0 Å². The molecule has 2 rings (SSSR count). The third-order valence-electron chi connectivity index (χ3n) is 4.44. The molecule has 0 bridgehead atoms. The van der Waals surface area contributed by atoms with Crippen LogP contribution in [0, 0.1) is 18.8 Å². The molecule has 0 saturated heterocycles. The zero-order chi connectivity index (χ0) is 13.8. The molecule has 2 heteroatoms. The predicted molar refractivity (Wildman–Crippen MR) is 85.0 cm³/mol. The number of benzene rings is 1. The van der Waals surface area contributed by atoms with Crippen LogP contribution in [0.5, 0.6) is 0 Å². The summed E-state index contributed by atoms with van der Waals surface area (Å²) in [7, 11) is 0. The van der Waals surface area contributed by atoms with E-state index < -0.39 is 0 Å². The second kappa shape index (κ2) is 6.65. The molecule has 1 aliphatic carbocycles. The fraction of sp³-hybridized carbons (Fsp3) is 0.647. The summed E-state index contributed by atoms with van der Waals surface area (Å²) in [5.41, 5.74) is 2.32. The normalized spacial score (nSPS) is 24.3. The summed E-state index contributed by atoms with van der Waals surface area (Å²) in [6.07, 6.45) is 6.61. The highest BCUT2D eigenvalue weighted by molar-refractivity contribution is 6.33. The molecule has 1 aromatic carbocycles. The summed E-state index contributed by atoms with van der Waals surface area (Å²) < 4.78 is 0. The first kappa shape index (κ1) is 14.7. The van der Waals surface area contributed by atoms with Gasteiger partial charge in [0, 0.05) is 6.04 Å². The van der Waals surface area contributed by atoms with Crippen LogP contribution >= 0.6 is 11.6 Å². The highest BCUT2D eigenvalue weighted by atomic mass is 35.5. The molecule has 0 spiro atoms. The van der Waals surface area contributed by atoms with Crippen LogP contribution in [0.2, 0.25) is 5.02 Å². The first-order valence-electron chi connectivity index (χ1n) is 7.59. The maximum atomic E-state index is 6.31. The van der Waals surface area contributed by atoms with Crippen LogP contribution in [0.1, 0.15) is 51.5 Å². The second-order valence-corrected chi connectivity index (χ2v) is 6.74. The van der Waals surface area contributed by atoms with E-state index in [2.05, 4.69) is 38.2 Å². The SMILES string of the molecule is Cc1ccc(NC2CCCC(C(C)C)CC2)c(Cl)c1. The lowest BCUT2D eigenvalue weighted by atomic mass is 9.89. The molecule has 1 nitrogen and oxygen atoms in total. The Morgan fingerprint density at radius 3 is 2.63 bits per heavy atom. The number of aryl methyl sites for hydroxylation is 1. The highest BCUT2D eigenvalue weighted by Crippen LogP contribution is 2.31. The van der Waals surface area contributed by atoms with Crippen molar-refractivity contribution in [2.75, 3.05) is 5.32 Å². The Bertz CT molecular complexity index is 414. The monoisotopic (exact) mass is 279 g/mol. The van der Waals surface area contributed by atoms with Gasteiger partial charge in [0.2, 0.25) is 0 Å². The number of halogens is 1. The summed E-state index contributed by atoms with van der Waals surface area (Å²) in [5, 5.41) is 4.50. The molecule has 1 fully saturated rings. The van der Waals surface area contributed by atoms with E-state index in [1.807, 2.05) is 6.07 Å². The smallest absolute Gasteiger partial charge is 0.0640 e. The summed E-state index contributed by atoms with van der Waals surface area (Å²) in [5.74, 6) is 1.72. The Hall–Kier alpha value is -0.690. The van der Waals surface area contributed by atoms with Gasteiger partial charge in [-0.1, -0.05) is 44.4 Å². The molecule has 2 unspecified atom stereocenters. The van der Waals surface area contributed by atoms with Crippen molar-refractivity contribution in [1.29, 1.82) is 0 Å². The Morgan fingerprint density at radius 2 is 1.95 bits per heavy atom. The van der Waals surface area contributed by atoms with E-state index in [-0.39, 0.29) is 0 Å². The molecular weight excluding hydrogens is 254 g/mol. The first-order chi connectivity index (χ1) is 9.06. The van der Waals surface area contributed by atoms with Gasteiger partial charge in [-0.05, 0) is 55.7 Å². The molecule has 0 heterocycles. The Morgan fingerprint density at radius 1 is 1.16 bits per heavy atom. The third kappa shape index (κ3) is 4.14. The van der Waals surface area contributed by atoms with E-state index in [9.17, 15) is 0 Å². The van der Waals surface area contributed by atoms with Gasteiger partial charge in [-0.15, -0.1) is 0 Å². The Labute approximate surface area is 122 Å². The van der Waals surface area contributed by atoms with Gasteiger partial charge in [0.25, 0.3) is 0 Å². The maximum Gasteiger partial charge on any atom is 0.0640 e. The van der Waals surface area contributed by atoms with Crippen LogP contribution in [-0.2, 0) is 0 Å². The van der Waals surface area contributed by atoms with E-state index in [1.54, 1.807) is 0 Å². The van der Waals surface area contributed by atoms with E-state index in [0.717, 1.165) is 22.5 Å². The Kier molecular flexibility index (Phi) is 5.15. The van der Waals surface area contributed by atoms with Crippen LogP contribution in [0.15, 0.2) is 18.2 Å². The van der Waals surface area contributed by atoms with Gasteiger partial charge in [0.05, 0.1) is 10.7 Å². The van der Waals surface area contributed by atoms with E-state index >= 15 is 0 Å². The van der Waals surface area contributed by atoms with Crippen LogP contribution in [0.25, 0.3) is 0 Å². The minimum Gasteiger partial charge on any atom is -0.381 e. The summed E-state index contributed by atoms with van der Waals surface area (Å²) >= 11 is 6.31. The highest BCUT2D eigenvalue weighted by Gasteiger charge is 2.21. The molecule has 0 radical (unpaired) electrons. The number of hydrogen-bond donors (Lipinski definition) is 1. The van der Waals surface area contributed by atoms with Crippen molar-refractivity contribution in [3.63, 3.8) is 0 Å². The summed E-state index contributed by atoms with van der Waals surface area (Å²) in [4.78, 5) is 0. The second-order valence-electron chi connectivity index (χ2n) is 6.34. The molecule has 1 N–H and O–H groups in total. The topological polar surface area (TPSA) is 12.0 Å². The minimum absolute atomic E-state index is 0.587. The van der Waals surface area contributed by atoms with Gasteiger partial charge in [0.1, 0.15) is 0 Å². The van der Waals surface area contributed by atoms with E-state index in [0.29, 0.717) is 6.04 Å². The maximum absolute atomic E-state index is 6.31. The standard InChI is InChI=1S/C17H26ClN/c1-12(2)14-5-4-6-15(9-8-14)19-17-10-7-13(3)11-16(17)18/h7,10-12,14-15,19H,4-6,8-9H2,1-3H3. The van der Waals surface area contributed by atoms with Crippen LogP contribution in [0.4, 0.5) is 5.69 Å². The average Bonchev–Trinajstić information content (AvgIpc) is 2.58. The molecule has 1 aliphatic rings. The predicted octanol–water partition coefficient (Wildman–Crippen LogP) is 5.67. The first-order valence-corrected chi connectivity index (χ1v) is 7.96. The number of hydrogen-bond acceptors (Lipinski definition) is 1. The summed E-state index contributed by atoms with van der Waals surface area (Å²) in [6.45, 7) is 6.79. The lowest BCUT2D eigenvalue weighted by molar-refractivity contribution is 0.341. The molecular formula is C17H26ClN. The zero-order valence-electron chi connectivity index (χ0n) is 12.4. The third-order valence-corrected chi connectivity index (χ3v) is 4.75. The summed E-state index contributed by atoms with van der Waals surface area (Å²) in [6, 6.07) is 6.87. The van der Waals surface area contributed by atoms with Gasteiger partial charge in [-0.25, -0.2) is 0 Å². The fourth-order valence-electron chi connectivity index (χ4n) is 3.10. The largest absolute Gasteiger partial charge is 0.381 e. The molecule has 0 aromatic heterocycles. The van der Waals surface area contributed by atoms with Gasteiger partial charge in [0.15, 0.2) is 0 Å². The van der Waals surface area contributed by atoms with Gasteiger partial charge < -0.3 is 5.32 Å². The number of rotatable bonds is 3. The quantitative estimate of drug-likeness (QED) is 0.704. The van der Waals surface area contributed by atoms with Crippen molar-refractivity contribution < 1.29 is 0 Å². The van der Waals surface area contributed by atoms with E-state index in [4.69, 9.17) is 11.6 Å². The zero-order valence-corrected chi connectivity index (χ0v) is 13.1. The van der Waals surface area contributed by atoms with Crippen molar-refractivity contribution in [1.82, 2.24) is 0 Å². The van der Waals surface area contributed by atoms with Crippen molar-refractivity contribution in [2.45, 2.75) is 58.9 Å². The van der Waals surface area contributed by atoms with Crippen molar-refractivity contribution in [3.05, 3.63) is 28.8 Å². The molecule has 0 amide bonds. The van der Waals surface area contributed by atoms with Gasteiger partial charge in [-0.3, -0.25) is 0 Å². The van der Waals surface area contributed by atoms with Crippen LogP contribution in [0.3, 0.4) is 0 Å². The van der Waals surface area contributed by atoms with Crippen LogP contribution < -0.4 is 5.32 Å². The number of anilines is 1.